The van der Waals surface area contributed by atoms with E-state index in [0.29, 0.717) is 16.9 Å². The first-order valence-electron chi connectivity index (χ1n) is 9.53. The zero-order valence-corrected chi connectivity index (χ0v) is 16.8. The number of aliphatic hydroxyl groups excluding tert-OH is 1. The van der Waals surface area contributed by atoms with E-state index in [1.54, 1.807) is 48.5 Å². The fourth-order valence-electron chi connectivity index (χ4n) is 3.59. The lowest BCUT2D eigenvalue weighted by atomic mass is 9.95. The highest BCUT2D eigenvalue weighted by atomic mass is 16.6. The number of nitro groups is 1. The zero-order valence-electron chi connectivity index (χ0n) is 16.8. The molecule has 1 N–H and O–H groups in total. The Morgan fingerprint density at radius 3 is 2.47 bits per heavy atom. The maximum Gasteiger partial charge on any atom is 0.301 e. The van der Waals surface area contributed by atoms with Gasteiger partial charge in [-0.15, -0.1) is 0 Å². The molecule has 0 radical (unpaired) electrons. The van der Waals surface area contributed by atoms with Crippen molar-refractivity contribution in [3.63, 3.8) is 0 Å². The number of hydrogen-bond acceptors (Lipinski definition) is 7. The number of benzene rings is 2. The van der Waals surface area contributed by atoms with Gasteiger partial charge >= 0.3 is 5.91 Å². The average Bonchev–Trinajstić information content (AvgIpc) is 3.09. The van der Waals surface area contributed by atoms with E-state index in [1.807, 2.05) is 0 Å². The minimum atomic E-state index is -1.10. The Morgan fingerprint density at radius 2 is 1.84 bits per heavy atom. The van der Waals surface area contributed by atoms with Crippen LogP contribution in [0.2, 0.25) is 0 Å². The van der Waals surface area contributed by atoms with Crippen LogP contribution in [0.3, 0.4) is 0 Å². The first-order valence-corrected chi connectivity index (χ1v) is 9.53. The summed E-state index contributed by atoms with van der Waals surface area (Å²) in [4.78, 5) is 42.1. The second-order valence-corrected chi connectivity index (χ2v) is 6.94. The smallest absolute Gasteiger partial charge is 0.301 e. The van der Waals surface area contributed by atoms with E-state index in [-0.39, 0.29) is 17.1 Å². The van der Waals surface area contributed by atoms with Crippen LogP contribution in [0.4, 0.5) is 11.5 Å². The maximum absolute atomic E-state index is 13.0. The zero-order chi connectivity index (χ0) is 22.8. The number of amides is 1. The van der Waals surface area contributed by atoms with Crippen LogP contribution in [-0.4, -0.2) is 33.8 Å². The molecule has 0 unspecified atom stereocenters. The molecular weight excluding hydrogens is 414 g/mol. The molecule has 1 amide bonds. The van der Waals surface area contributed by atoms with Crippen LogP contribution in [-0.2, 0) is 9.59 Å². The van der Waals surface area contributed by atoms with Crippen LogP contribution in [0.1, 0.15) is 17.2 Å². The summed E-state index contributed by atoms with van der Waals surface area (Å²) in [6.45, 7) is 0. The number of methoxy groups -OCH3 is 1. The second-order valence-electron chi connectivity index (χ2n) is 6.94. The molecule has 1 aliphatic heterocycles. The van der Waals surface area contributed by atoms with E-state index in [9.17, 15) is 24.8 Å². The van der Waals surface area contributed by atoms with E-state index in [0.717, 1.165) is 4.90 Å². The van der Waals surface area contributed by atoms with Gasteiger partial charge in [0.25, 0.3) is 11.5 Å². The van der Waals surface area contributed by atoms with E-state index < -0.39 is 28.4 Å². The van der Waals surface area contributed by atoms with Crippen molar-refractivity contribution >= 4 is 29.0 Å². The lowest BCUT2D eigenvalue weighted by Crippen LogP contribution is -2.30. The van der Waals surface area contributed by atoms with Crippen molar-refractivity contribution in [2.24, 2.45) is 0 Å². The van der Waals surface area contributed by atoms with Crippen LogP contribution in [0.15, 0.2) is 78.5 Å². The van der Waals surface area contributed by atoms with E-state index >= 15 is 0 Å². The number of aliphatic hydroxyl groups is 1. The number of rotatable bonds is 5. The molecule has 2 aromatic carbocycles. The minimum absolute atomic E-state index is 0.180. The van der Waals surface area contributed by atoms with Crippen LogP contribution in [0, 0.1) is 10.1 Å². The number of pyridine rings is 1. The van der Waals surface area contributed by atoms with Gasteiger partial charge in [0.2, 0.25) is 0 Å². The summed E-state index contributed by atoms with van der Waals surface area (Å²) in [5.74, 6) is -1.48. The molecule has 2 heterocycles. The number of carbonyl (C=O) groups is 2. The summed E-state index contributed by atoms with van der Waals surface area (Å²) >= 11 is 0. The third-order valence-electron chi connectivity index (χ3n) is 5.10. The number of aromatic nitrogens is 1. The van der Waals surface area contributed by atoms with Gasteiger partial charge in [0.05, 0.1) is 23.6 Å². The van der Waals surface area contributed by atoms with Crippen LogP contribution < -0.4 is 9.64 Å². The Labute approximate surface area is 182 Å². The summed E-state index contributed by atoms with van der Waals surface area (Å²) in [6, 6.07) is 15.6. The number of ketones is 1. The van der Waals surface area contributed by atoms with Gasteiger partial charge in [-0.1, -0.05) is 18.2 Å². The van der Waals surface area contributed by atoms with Crippen molar-refractivity contribution in [2.75, 3.05) is 12.0 Å². The Hall–Kier alpha value is -4.53. The topological polar surface area (TPSA) is 123 Å². The SMILES string of the molecule is COc1ccc(C(O)=C2C(=O)C(=O)N(c3ccccn3)[C@H]2c2cccc([N+](=O)[O-])c2)cc1. The van der Waals surface area contributed by atoms with Crippen molar-refractivity contribution in [3.8, 4) is 5.75 Å². The Bertz CT molecular complexity index is 1240. The van der Waals surface area contributed by atoms with E-state index in [2.05, 4.69) is 4.98 Å². The molecule has 1 aromatic heterocycles. The summed E-state index contributed by atoms with van der Waals surface area (Å²) in [7, 11) is 1.50. The monoisotopic (exact) mass is 431 g/mol. The molecule has 1 fully saturated rings. The summed E-state index contributed by atoms with van der Waals surface area (Å²) in [6.07, 6.45) is 1.46. The second kappa shape index (κ2) is 8.31. The highest BCUT2D eigenvalue weighted by Crippen LogP contribution is 2.42. The summed E-state index contributed by atoms with van der Waals surface area (Å²) in [5, 5.41) is 22.3. The molecule has 0 saturated carbocycles. The molecule has 0 spiro atoms. The molecule has 4 rings (SSSR count). The molecule has 9 nitrogen and oxygen atoms in total. The molecule has 32 heavy (non-hydrogen) atoms. The number of nitrogens with zero attached hydrogens (tertiary/aromatic N) is 3. The number of anilines is 1. The highest BCUT2D eigenvalue weighted by molar-refractivity contribution is 6.51. The fraction of sp³-hybridized carbons (Fsp3) is 0.0870. The normalized spacial score (nSPS) is 17.4. The number of non-ortho nitro benzene ring substituents is 1. The van der Waals surface area contributed by atoms with Gasteiger partial charge in [-0.3, -0.25) is 24.6 Å². The fourth-order valence-corrected chi connectivity index (χ4v) is 3.59. The number of ether oxygens (including phenoxy) is 1. The van der Waals surface area contributed by atoms with Crippen molar-refractivity contribution in [2.45, 2.75) is 6.04 Å². The first-order chi connectivity index (χ1) is 15.4. The van der Waals surface area contributed by atoms with Crippen LogP contribution >= 0.6 is 0 Å². The molecule has 0 bridgehead atoms. The molecule has 1 saturated heterocycles. The van der Waals surface area contributed by atoms with Crippen molar-refractivity contribution < 1.29 is 24.4 Å². The van der Waals surface area contributed by atoms with Gasteiger partial charge in [-0.05, 0) is 42.0 Å². The molecule has 9 heteroatoms. The molecule has 1 aliphatic rings. The molecule has 3 aromatic rings. The summed E-state index contributed by atoms with van der Waals surface area (Å²) < 4.78 is 5.11. The van der Waals surface area contributed by atoms with E-state index in [1.165, 1.54) is 31.5 Å². The molecule has 0 aliphatic carbocycles. The number of carbonyl (C=O) groups excluding carboxylic acids is 2. The lowest BCUT2D eigenvalue weighted by molar-refractivity contribution is -0.384. The highest BCUT2D eigenvalue weighted by Gasteiger charge is 2.47. The third kappa shape index (κ3) is 3.56. The molecule has 1 atom stereocenters. The Morgan fingerprint density at radius 1 is 1.09 bits per heavy atom. The maximum atomic E-state index is 13.0. The van der Waals surface area contributed by atoms with Gasteiger partial charge in [0.1, 0.15) is 17.3 Å². The van der Waals surface area contributed by atoms with Gasteiger partial charge in [0, 0.05) is 23.9 Å². The predicted molar refractivity (Wildman–Crippen MR) is 115 cm³/mol. The average molecular weight is 431 g/mol. The third-order valence-corrected chi connectivity index (χ3v) is 5.10. The molecule has 160 valence electrons. The summed E-state index contributed by atoms with van der Waals surface area (Å²) in [5.41, 5.74) is 0.184. The van der Waals surface area contributed by atoms with Crippen molar-refractivity contribution in [1.29, 1.82) is 0 Å². The standard InChI is InChI=1S/C23H17N3O6/c1-32-17-10-8-14(9-11-17)21(27)19-20(15-5-4-6-16(13-15)26(30)31)25(23(29)22(19)28)18-7-2-3-12-24-18/h2-13,20,27H,1H3/t20-/m0/s1. The Kier molecular flexibility index (Phi) is 5.38. The van der Waals surface area contributed by atoms with Crippen LogP contribution in [0.5, 0.6) is 5.75 Å². The largest absolute Gasteiger partial charge is 0.507 e. The minimum Gasteiger partial charge on any atom is -0.507 e. The number of nitro benzene ring substituents is 1. The van der Waals surface area contributed by atoms with Crippen molar-refractivity contribution in [1.82, 2.24) is 4.98 Å². The number of Topliss-reactive ketones (excluding diaryl/α,β-unsaturated/α-hetero) is 1. The number of hydrogen-bond donors (Lipinski definition) is 1. The van der Waals surface area contributed by atoms with Gasteiger partial charge in [0.15, 0.2) is 0 Å². The Balaban J connectivity index is 1.94. The van der Waals surface area contributed by atoms with Gasteiger partial charge in [-0.2, -0.15) is 0 Å². The van der Waals surface area contributed by atoms with Gasteiger partial charge in [-0.25, -0.2) is 4.98 Å². The lowest BCUT2D eigenvalue weighted by Gasteiger charge is -2.24. The molecular formula is C23H17N3O6. The van der Waals surface area contributed by atoms with Crippen molar-refractivity contribution in [3.05, 3.63) is 99.7 Å². The predicted octanol–water partition coefficient (Wildman–Crippen LogP) is 3.62. The van der Waals surface area contributed by atoms with Crippen LogP contribution in [0.25, 0.3) is 5.76 Å². The van der Waals surface area contributed by atoms with E-state index in [4.69, 9.17) is 4.74 Å². The first kappa shape index (κ1) is 20.7. The quantitative estimate of drug-likeness (QED) is 0.215. The van der Waals surface area contributed by atoms with Gasteiger partial charge < -0.3 is 9.84 Å².